The topological polar surface area (TPSA) is 88.8 Å². The highest BCUT2D eigenvalue weighted by molar-refractivity contribution is 5.96. The van der Waals surface area contributed by atoms with Gasteiger partial charge in [0.2, 0.25) is 5.82 Å². The number of methoxy groups -OCH3 is 1. The number of rotatable bonds is 3. The first-order valence-corrected chi connectivity index (χ1v) is 6.19. The fraction of sp³-hybridized carbons (Fsp3) is 0.500. The third kappa shape index (κ3) is 2.69. The maximum absolute atomic E-state index is 11.6. The van der Waals surface area contributed by atoms with Crippen LogP contribution in [0.25, 0.3) is 0 Å². The van der Waals surface area contributed by atoms with Crippen molar-refractivity contribution in [2.24, 2.45) is 0 Å². The molecule has 1 aromatic heterocycles. The average Bonchev–Trinajstić information content (AvgIpc) is 2.46. The molecule has 0 atom stereocenters. The van der Waals surface area contributed by atoms with Crippen molar-refractivity contribution in [1.82, 2.24) is 9.88 Å². The van der Waals surface area contributed by atoms with E-state index >= 15 is 0 Å². The fourth-order valence-electron chi connectivity index (χ4n) is 2.15. The predicted octanol–water partition coefficient (Wildman–Crippen LogP) is 0.528. The van der Waals surface area contributed by atoms with Crippen molar-refractivity contribution in [2.75, 3.05) is 45.2 Å². The van der Waals surface area contributed by atoms with Gasteiger partial charge in [-0.3, -0.25) is 10.1 Å². The van der Waals surface area contributed by atoms with E-state index in [1.54, 1.807) is 0 Å². The number of carbonyl (C=O) groups excluding carboxylic acids is 1. The first-order chi connectivity index (χ1) is 9.54. The number of aromatic nitrogens is 1. The summed E-state index contributed by atoms with van der Waals surface area (Å²) in [4.78, 5) is 30.4. The summed E-state index contributed by atoms with van der Waals surface area (Å²) in [5, 5.41) is 11.3. The highest BCUT2D eigenvalue weighted by Crippen LogP contribution is 2.30. The highest BCUT2D eigenvalue weighted by atomic mass is 16.6. The van der Waals surface area contributed by atoms with E-state index in [1.807, 2.05) is 11.9 Å². The molecule has 1 aromatic rings. The molecular formula is C12H16N4O4. The van der Waals surface area contributed by atoms with Crippen LogP contribution in [0.3, 0.4) is 0 Å². The Hall–Kier alpha value is -2.22. The van der Waals surface area contributed by atoms with Crippen molar-refractivity contribution in [3.8, 4) is 0 Å². The predicted molar refractivity (Wildman–Crippen MR) is 71.9 cm³/mol. The Morgan fingerprint density at radius 2 is 2.05 bits per heavy atom. The number of esters is 1. The molecule has 1 saturated heterocycles. The van der Waals surface area contributed by atoms with Gasteiger partial charge >= 0.3 is 11.7 Å². The van der Waals surface area contributed by atoms with Gasteiger partial charge in [-0.1, -0.05) is 0 Å². The standard InChI is InChI=1S/C12H16N4O4/c1-14-5-7-15(8-6-14)11-10(16(18)19)9(3-4-13-11)12(17)20-2/h3-4H,5-8H2,1-2H3. The van der Waals surface area contributed by atoms with Crippen LogP contribution in [0.15, 0.2) is 12.3 Å². The third-order valence-corrected chi connectivity index (χ3v) is 3.30. The van der Waals surface area contributed by atoms with Gasteiger partial charge in [0.05, 0.1) is 12.0 Å². The molecule has 1 aliphatic rings. The maximum atomic E-state index is 11.6. The van der Waals surface area contributed by atoms with Crippen LogP contribution in [0.1, 0.15) is 10.4 Å². The Morgan fingerprint density at radius 3 is 2.60 bits per heavy atom. The quantitative estimate of drug-likeness (QED) is 0.453. The zero-order valence-electron chi connectivity index (χ0n) is 11.4. The monoisotopic (exact) mass is 280 g/mol. The average molecular weight is 280 g/mol. The highest BCUT2D eigenvalue weighted by Gasteiger charge is 2.30. The van der Waals surface area contributed by atoms with Crippen LogP contribution in [0.5, 0.6) is 0 Å². The van der Waals surface area contributed by atoms with Gasteiger partial charge in [-0.25, -0.2) is 9.78 Å². The van der Waals surface area contributed by atoms with Gasteiger partial charge in [0, 0.05) is 32.4 Å². The molecular weight excluding hydrogens is 264 g/mol. The van der Waals surface area contributed by atoms with Gasteiger partial charge in [0.15, 0.2) is 0 Å². The molecule has 108 valence electrons. The SMILES string of the molecule is COC(=O)c1ccnc(N2CCN(C)CC2)c1[N+](=O)[O-]. The summed E-state index contributed by atoms with van der Waals surface area (Å²) in [7, 11) is 3.19. The van der Waals surface area contributed by atoms with Crippen molar-refractivity contribution in [3.05, 3.63) is 27.9 Å². The van der Waals surface area contributed by atoms with E-state index in [4.69, 9.17) is 0 Å². The zero-order chi connectivity index (χ0) is 14.7. The molecule has 0 amide bonds. The van der Waals surface area contributed by atoms with E-state index in [0.29, 0.717) is 13.1 Å². The van der Waals surface area contributed by atoms with Crippen LogP contribution < -0.4 is 4.90 Å². The van der Waals surface area contributed by atoms with Gasteiger partial charge in [-0.15, -0.1) is 0 Å². The van der Waals surface area contributed by atoms with Crippen LogP contribution in [0.2, 0.25) is 0 Å². The van der Waals surface area contributed by atoms with Crippen LogP contribution in [0.4, 0.5) is 11.5 Å². The first kappa shape index (κ1) is 14.2. The second kappa shape index (κ2) is 5.83. The van der Waals surface area contributed by atoms with Crippen molar-refractivity contribution in [3.63, 3.8) is 0 Å². The third-order valence-electron chi connectivity index (χ3n) is 3.30. The number of ether oxygens (including phenoxy) is 1. The molecule has 0 N–H and O–H groups in total. The number of piperazine rings is 1. The van der Waals surface area contributed by atoms with Crippen molar-refractivity contribution >= 4 is 17.5 Å². The van der Waals surface area contributed by atoms with E-state index < -0.39 is 10.9 Å². The molecule has 1 fully saturated rings. The van der Waals surface area contributed by atoms with E-state index in [0.717, 1.165) is 13.1 Å². The summed E-state index contributed by atoms with van der Waals surface area (Å²) in [5.41, 5.74) is -0.356. The minimum absolute atomic E-state index is 0.0681. The van der Waals surface area contributed by atoms with E-state index in [9.17, 15) is 14.9 Å². The smallest absolute Gasteiger partial charge is 0.345 e. The number of nitrogens with zero attached hydrogens (tertiary/aromatic N) is 4. The van der Waals surface area contributed by atoms with Gasteiger partial charge < -0.3 is 14.5 Å². The Kier molecular flexibility index (Phi) is 4.14. The summed E-state index contributed by atoms with van der Waals surface area (Å²) in [6, 6.07) is 1.31. The number of hydrogen-bond acceptors (Lipinski definition) is 7. The largest absolute Gasteiger partial charge is 0.465 e. The first-order valence-electron chi connectivity index (χ1n) is 6.19. The molecule has 2 rings (SSSR count). The van der Waals surface area contributed by atoms with Gasteiger partial charge in [-0.05, 0) is 13.1 Å². The van der Waals surface area contributed by atoms with E-state index in [1.165, 1.54) is 19.4 Å². The lowest BCUT2D eigenvalue weighted by atomic mass is 10.2. The molecule has 0 bridgehead atoms. The minimum Gasteiger partial charge on any atom is -0.465 e. The number of pyridine rings is 1. The molecule has 0 spiro atoms. The summed E-state index contributed by atoms with van der Waals surface area (Å²) in [6.07, 6.45) is 1.40. The number of anilines is 1. The van der Waals surface area contributed by atoms with Crippen molar-refractivity contribution < 1.29 is 14.5 Å². The van der Waals surface area contributed by atoms with E-state index in [2.05, 4.69) is 14.6 Å². The second-order valence-corrected chi connectivity index (χ2v) is 4.57. The maximum Gasteiger partial charge on any atom is 0.345 e. The van der Waals surface area contributed by atoms with Crippen molar-refractivity contribution in [2.45, 2.75) is 0 Å². The number of nitro groups is 1. The van der Waals surface area contributed by atoms with Crippen molar-refractivity contribution in [1.29, 1.82) is 0 Å². The van der Waals surface area contributed by atoms with Crippen LogP contribution >= 0.6 is 0 Å². The lowest BCUT2D eigenvalue weighted by molar-refractivity contribution is -0.384. The number of carbonyl (C=O) groups is 1. The molecule has 1 aliphatic heterocycles. The minimum atomic E-state index is -0.727. The van der Waals surface area contributed by atoms with Gasteiger partial charge in [-0.2, -0.15) is 0 Å². The summed E-state index contributed by atoms with van der Waals surface area (Å²) < 4.78 is 4.59. The van der Waals surface area contributed by atoms with Gasteiger partial charge in [0.25, 0.3) is 0 Å². The van der Waals surface area contributed by atoms with Crippen LogP contribution in [0, 0.1) is 10.1 Å². The molecule has 2 heterocycles. The number of hydrogen-bond donors (Lipinski definition) is 0. The normalized spacial score (nSPS) is 16.0. The molecule has 0 aliphatic carbocycles. The van der Waals surface area contributed by atoms with Gasteiger partial charge in [0.1, 0.15) is 5.56 Å². The summed E-state index contributed by atoms with van der Waals surface area (Å²) in [6.45, 7) is 2.85. The molecule has 0 radical (unpaired) electrons. The molecule has 0 saturated carbocycles. The second-order valence-electron chi connectivity index (χ2n) is 4.57. The summed E-state index contributed by atoms with van der Waals surface area (Å²) in [5.74, 6) is -0.500. The molecule has 0 aromatic carbocycles. The lowest BCUT2D eigenvalue weighted by Crippen LogP contribution is -2.45. The Bertz CT molecular complexity index is 526. The van der Waals surface area contributed by atoms with E-state index in [-0.39, 0.29) is 17.1 Å². The lowest BCUT2D eigenvalue weighted by Gasteiger charge is -2.32. The molecule has 8 nitrogen and oxygen atoms in total. The summed E-state index contributed by atoms with van der Waals surface area (Å²) >= 11 is 0. The molecule has 20 heavy (non-hydrogen) atoms. The Balaban J connectivity index is 2.42. The fourth-order valence-corrected chi connectivity index (χ4v) is 2.15. The zero-order valence-corrected chi connectivity index (χ0v) is 11.4. The molecule has 0 unspecified atom stereocenters. The molecule has 8 heteroatoms. The Labute approximate surface area is 116 Å². The van der Waals surface area contributed by atoms with Crippen LogP contribution in [-0.2, 0) is 4.74 Å². The Morgan fingerprint density at radius 1 is 1.40 bits per heavy atom. The number of likely N-dealkylation sites (N-methyl/N-ethyl adjacent to an activating group) is 1. The van der Waals surface area contributed by atoms with Crippen LogP contribution in [-0.4, -0.2) is 61.1 Å².